The summed E-state index contributed by atoms with van der Waals surface area (Å²) in [7, 11) is 1.83. The zero-order valence-corrected chi connectivity index (χ0v) is 12.9. The molecule has 20 heavy (non-hydrogen) atoms. The van der Waals surface area contributed by atoms with Gasteiger partial charge in [0.05, 0.1) is 24.2 Å². The highest BCUT2D eigenvalue weighted by Gasteiger charge is 2.13. The third-order valence-corrected chi connectivity index (χ3v) is 4.20. The number of hydrogen-bond donors (Lipinski definition) is 2. The van der Waals surface area contributed by atoms with Crippen LogP contribution in [-0.4, -0.2) is 29.8 Å². The average molecular weight is 355 g/mol. The molecule has 0 amide bonds. The van der Waals surface area contributed by atoms with Crippen molar-refractivity contribution in [2.24, 2.45) is 7.05 Å². The minimum atomic E-state index is -0.0393. The van der Waals surface area contributed by atoms with Gasteiger partial charge >= 0.3 is 0 Å². The maximum Gasteiger partial charge on any atom is 0.164 e. The van der Waals surface area contributed by atoms with E-state index in [-0.39, 0.29) is 6.61 Å². The van der Waals surface area contributed by atoms with Crippen molar-refractivity contribution in [3.8, 4) is 0 Å². The van der Waals surface area contributed by atoms with Gasteiger partial charge in [-0.05, 0) is 15.9 Å². The lowest BCUT2D eigenvalue weighted by Gasteiger charge is -2.04. The molecule has 0 spiro atoms. The largest absolute Gasteiger partial charge is 0.390 e. The molecule has 0 bridgehead atoms. The second kappa shape index (κ2) is 5.43. The Morgan fingerprint density at radius 2 is 2.30 bits per heavy atom. The number of fused-ring (bicyclic) bond motifs is 1. The molecular weight excluding hydrogens is 344 g/mol. The molecule has 0 aromatic carbocycles. The summed E-state index contributed by atoms with van der Waals surface area (Å²) in [5.41, 5.74) is 1.44. The third-order valence-electron chi connectivity index (χ3n) is 2.75. The number of hydrogen-bond acceptors (Lipinski definition) is 7. The molecule has 0 atom stereocenters. The maximum absolute atomic E-state index is 9.00. The van der Waals surface area contributed by atoms with Crippen LogP contribution in [0.2, 0.25) is 0 Å². The lowest BCUT2D eigenvalue weighted by atomic mass is 10.4. The van der Waals surface area contributed by atoms with Crippen molar-refractivity contribution < 1.29 is 5.11 Å². The third kappa shape index (κ3) is 2.39. The average Bonchev–Trinajstić information content (AvgIpc) is 3.02. The molecule has 104 valence electrons. The fraction of sp³-hybridized carbons (Fsp3) is 0.273. The van der Waals surface area contributed by atoms with E-state index in [9.17, 15) is 0 Å². The Morgan fingerprint density at radius 3 is 3.05 bits per heavy atom. The van der Waals surface area contributed by atoms with E-state index in [0.717, 1.165) is 16.0 Å². The molecule has 0 aliphatic heterocycles. The first kappa shape index (κ1) is 13.4. The van der Waals surface area contributed by atoms with E-state index in [1.807, 2.05) is 12.4 Å². The summed E-state index contributed by atoms with van der Waals surface area (Å²) in [6, 6.07) is 0. The van der Waals surface area contributed by atoms with Crippen molar-refractivity contribution >= 4 is 44.1 Å². The number of rotatable bonds is 4. The van der Waals surface area contributed by atoms with Crippen molar-refractivity contribution in [1.29, 1.82) is 0 Å². The van der Waals surface area contributed by atoms with E-state index in [1.165, 1.54) is 17.7 Å². The van der Waals surface area contributed by atoms with E-state index in [0.29, 0.717) is 22.7 Å². The predicted octanol–water partition coefficient (Wildman–Crippen LogP) is 1.69. The highest BCUT2D eigenvalue weighted by Crippen LogP contribution is 2.27. The number of aliphatic hydroxyl groups is 1. The summed E-state index contributed by atoms with van der Waals surface area (Å²) < 4.78 is 2.40. The van der Waals surface area contributed by atoms with Crippen LogP contribution in [0.3, 0.4) is 0 Å². The molecule has 2 N–H and O–H groups in total. The van der Waals surface area contributed by atoms with Gasteiger partial charge in [-0.25, -0.2) is 19.6 Å². The van der Waals surface area contributed by atoms with Crippen LogP contribution in [0, 0.1) is 0 Å². The summed E-state index contributed by atoms with van der Waals surface area (Å²) in [6.07, 6.45) is 1.50. The Hall–Kier alpha value is -1.58. The number of halogens is 1. The molecule has 3 heterocycles. The smallest absolute Gasteiger partial charge is 0.164 e. The maximum atomic E-state index is 9.00. The molecule has 0 saturated carbocycles. The SMILES string of the molecule is Cn1nc(Br)c2c(NCc3nc(CO)cs3)ncnc21. The van der Waals surface area contributed by atoms with E-state index < -0.39 is 0 Å². The molecule has 0 unspecified atom stereocenters. The number of aryl methyl sites for hydroxylation is 1. The van der Waals surface area contributed by atoms with Gasteiger partial charge in [0.15, 0.2) is 5.65 Å². The van der Waals surface area contributed by atoms with Gasteiger partial charge in [0.25, 0.3) is 0 Å². The van der Waals surface area contributed by atoms with Crippen molar-refractivity contribution in [1.82, 2.24) is 24.7 Å². The second-order valence-electron chi connectivity index (χ2n) is 4.08. The van der Waals surface area contributed by atoms with Gasteiger partial charge in [0.1, 0.15) is 21.8 Å². The van der Waals surface area contributed by atoms with Crippen LogP contribution in [0.5, 0.6) is 0 Å². The Labute approximate surface area is 126 Å². The van der Waals surface area contributed by atoms with Crippen LogP contribution in [0.15, 0.2) is 16.3 Å². The molecule has 7 nitrogen and oxygen atoms in total. The monoisotopic (exact) mass is 354 g/mol. The number of aromatic nitrogens is 5. The summed E-state index contributed by atoms with van der Waals surface area (Å²) in [4.78, 5) is 12.7. The second-order valence-corrected chi connectivity index (χ2v) is 5.77. The zero-order valence-electron chi connectivity index (χ0n) is 10.5. The van der Waals surface area contributed by atoms with Crippen molar-refractivity contribution in [2.45, 2.75) is 13.2 Å². The summed E-state index contributed by atoms with van der Waals surface area (Å²) in [5, 5.41) is 20.1. The number of nitrogens with one attached hydrogen (secondary N) is 1. The molecule has 0 aliphatic rings. The molecule has 9 heteroatoms. The Bertz CT molecular complexity index is 755. The number of anilines is 1. The van der Waals surface area contributed by atoms with Crippen LogP contribution in [0.4, 0.5) is 5.82 Å². The predicted molar refractivity (Wildman–Crippen MR) is 79.4 cm³/mol. The Kier molecular flexibility index (Phi) is 3.64. The first-order chi connectivity index (χ1) is 9.69. The van der Waals surface area contributed by atoms with Gasteiger partial charge < -0.3 is 10.4 Å². The highest BCUT2D eigenvalue weighted by atomic mass is 79.9. The zero-order chi connectivity index (χ0) is 14.1. The van der Waals surface area contributed by atoms with Gasteiger partial charge in [0.2, 0.25) is 0 Å². The summed E-state index contributed by atoms with van der Waals surface area (Å²) in [6.45, 7) is 0.501. The minimum absolute atomic E-state index is 0.0393. The fourth-order valence-electron chi connectivity index (χ4n) is 1.84. The van der Waals surface area contributed by atoms with Crippen molar-refractivity contribution in [3.05, 3.63) is 27.0 Å². The lowest BCUT2D eigenvalue weighted by molar-refractivity contribution is 0.277. The molecule has 0 saturated heterocycles. The van der Waals surface area contributed by atoms with Gasteiger partial charge in [0, 0.05) is 12.4 Å². The minimum Gasteiger partial charge on any atom is -0.390 e. The van der Waals surface area contributed by atoms with Crippen LogP contribution in [0.1, 0.15) is 10.7 Å². The van der Waals surface area contributed by atoms with E-state index in [1.54, 1.807) is 4.68 Å². The lowest BCUT2D eigenvalue weighted by Crippen LogP contribution is -2.02. The van der Waals surface area contributed by atoms with E-state index >= 15 is 0 Å². The molecule has 0 fully saturated rings. The number of nitrogens with zero attached hydrogens (tertiary/aromatic N) is 5. The molecule has 0 aliphatic carbocycles. The Morgan fingerprint density at radius 1 is 1.45 bits per heavy atom. The van der Waals surface area contributed by atoms with Crippen molar-refractivity contribution in [3.63, 3.8) is 0 Å². The molecule has 0 radical (unpaired) electrons. The summed E-state index contributed by atoms with van der Waals surface area (Å²) >= 11 is 4.91. The fourth-order valence-corrected chi connectivity index (χ4v) is 3.16. The van der Waals surface area contributed by atoms with Crippen LogP contribution in [-0.2, 0) is 20.2 Å². The molecular formula is C11H11BrN6OS. The van der Waals surface area contributed by atoms with E-state index in [4.69, 9.17) is 5.11 Å². The first-order valence-electron chi connectivity index (χ1n) is 5.80. The molecule has 3 aromatic rings. The topological polar surface area (TPSA) is 88.8 Å². The van der Waals surface area contributed by atoms with Crippen LogP contribution >= 0.6 is 27.3 Å². The standard InChI is InChI=1S/C11H11BrN6OS/c1-18-11-8(9(12)17-18)10(14-5-15-11)13-2-7-16-6(3-19)4-20-7/h4-5,19H,2-3H2,1H3,(H,13,14,15). The number of thiazole rings is 1. The summed E-state index contributed by atoms with van der Waals surface area (Å²) in [5.74, 6) is 0.704. The Balaban J connectivity index is 1.87. The van der Waals surface area contributed by atoms with Gasteiger partial charge in [-0.1, -0.05) is 0 Å². The normalized spacial score (nSPS) is 11.2. The van der Waals surface area contributed by atoms with Crippen LogP contribution < -0.4 is 5.32 Å². The van der Waals surface area contributed by atoms with E-state index in [2.05, 4.69) is 41.3 Å². The van der Waals surface area contributed by atoms with Gasteiger partial charge in [-0.3, -0.25) is 0 Å². The number of aliphatic hydroxyl groups excluding tert-OH is 1. The highest BCUT2D eigenvalue weighted by molar-refractivity contribution is 9.10. The molecule has 3 aromatic heterocycles. The molecule has 3 rings (SSSR count). The quantitative estimate of drug-likeness (QED) is 0.740. The first-order valence-corrected chi connectivity index (χ1v) is 7.47. The van der Waals surface area contributed by atoms with Gasteiger partial charge in [-0.2, -0.15) is 5.10 Å². The van der Waals surface area contributed by atoms with Crippen molar-refractivity contribution in [2.75, 3.05) is 5.32 Å². The van der Waals surface area contributed by atoms with Crippen LogP contribution in [0.25, 0.3) is 11.0 Å². The van der Waals surface area contributed by atoms with Gasteiger partial charge in [-0.15, -0.1) is 11.3 Å².